The maximum absolute atomic E-state index is 13.3. The van der Waals surface area contributed by atoms with Crippen LogP contribution in [0.15, 0.2) is 42.6 Å². The predicted molar refractivity (Wildman–Crippen MR) is 92.3 cm³/mol. The van der Waals surface area contributed by atoms with Crippen molar-refractivity contribution in [2.75, 3.05) is 11.9 Å². The molecule has 0 unspecified atom stereocenters. The Kier molecular flexibility index (Phi) is 4.50. The molecule has 0 fully saturated rings. The fourth-order valence-electron chi connectivity index (χ4n) is 2.37. The molecule has 3 aromatic rings. The molecular formula is C18H13ClFN3O. The number of hydrogen-bond acceptors (Lipinski definition) is 4. The zero-order valence-corrected chi connectivity index (χ0v) is 13.6. The third-order valence-corrected chi connectivity index (χ3v) is 3.75. The van der Waals surface area contributed by atoms with Gasteiger partial charge in [0, 0.05) is 23.3 Å². The Morgan fingerprint density at radius 2 is 2.12 bits per heavy atom. The molecule has 1 heterocycles. The van der Waals surface area contributed by atoms with Crippen molar-refractivity contribution in [3.05, 3.63) is 59.0 Å². The molecule has 0 saturated carbocycles. The third-order valence-electron chi connectivity index (χ3n) is 3.46. The average Bonchev–Trinajstić information content (AvgIpc) is 2.58. The molecule has 0 saturated heterocycles. The molecule has 120 valence electrons. The molecular weight excluding hydrogens is 329 g/mol. The van der Waals surface area contributed by atoms with E-state index in [-0.39, 0.29) is 5.02 Å². The smallest absolute Gasteiger partial charge is 0.141 e. The van der Waals surface area contributed by atoms with E-state index in [1.54, 1.807) is 6.07 Å². The van der Waals surface area contributed by atoms with Crippen LogP contribution in [0.25, 0.3) is 10.9 Å². The molecule has 0 spiro atoms. The molecule has 3 rings (SSSR count). The van der Waals surface area contributed by atoms with Gasteiger partial charge in [0.1, 0.15) is 17.6 Å². The summed E-state index contributed by atoms with van der Waals surface area (Å²) in [6, 6.07) is 11.9. The molecule has 6 heteroatoms. The summed E-state index contributed by atoms with van der Waals surface area (Å²) in [7, 11) is 0. The maximum Gasteiger partial charge on any atom is 0.141 e. The first-order valence-corrected chi connectivity index (χ1v) is 7.68. The number of hydrogen-bond donors (Lipinski definition) is 1. The largest absolute Gasteiger partial charge is 0.494 e. The van der Waals surface area contributed by atoms with Crippen molar-refractivity contribution in [1.29, 1.82) is 5.26 Å². The van der Waals surface area contributed by atoms with Gasteiger partial charge in [-0.2, -0.15) is 5.26 Å². The summed E-state index contributed by atoms with van der Waals surface area (Å²) in [5.74, 6) is 0.210. The normalized spacial score (nSPS) is 10.4. The first kappa shape index (κ1) is 16.0. The van der Waals surface area contributed by atoms with Gasteiger partial charge in [-0.3, -0.25) is 4.98 Å². The number of rotatable bonds is 4. The number of nitrogens with zero attached hydrogens (tertiary/aromatic N) is 2. The Balaban J connectivity index is 2.10. The van der Waals surface area contributed by atoms with E-state index in [1.165, 1.54) is 18.3 Å². The lowest BCUT2D eigenvalue weighted by Gasteiger charge is -2.13. The molecule has 2 aromatic carbocycles. The Morgan fingerprint density at radius 1 is 1.29 bits per heavy atom. The van der Waals surface area contributed by atoms with Crippen LogP contribution in [0.1, 0.15) is 12.5 Å². The van der Waals surface area contributed by atoms with Crippen LogP contribution in [-0.2, 0) is 0 Å². The van der Waals surface area contributed by atoms with Crippen molar-refractivity contribution in [1.82, 2.24) is 4.98 Å². The van der Waals surface area contributed by atoms with Gasteiger partial charge in [-0.25, -0.2) is 4.39 Å². The fraction of sp³-hybridized carbons (Fsp3) is 0.111. The van der Waals surface area contributed by atoms with Crippen molar-refractivity contribution in [3.8, 4) is 11.8 Å². The van der Waals surface area contributed by atoms with Crippen LogP contribution in [0.5, 0.6) is 5.75 Å². The van der Waals surface area contributed by atoms with E-state index in [0.717, 1.165) is 5.39 Å². The Morgan fingerprint density at radius 3 is 2.83 bits per heavy atom. The summed E-state index contributed by atoms with van der Waals surface area (Å²) < 4.78 is 18.8. The van der Waals surface area contributed by atoms with E-state index >= 15 is 0 Å². The lowest BCUT2D eigenvalue weighted by Crippen LogP contribution is -1.98. The zero-order chi connectivity index (χ0) is 17.1. The average molecular weight is 342 g/mol. The number of pyridine rings is 1. The molecule has 1 N–H and O–H groups in total. The summed E-state index contributed by atoms with van der Waals surface area (Å²) >= 11 is 5.82. The summed E-state index contributed by atoms with van der Waals surface area (Å²) in [5, 5.41) is 13.3. The van der Waals surface area contributed by atoms with E-state index in [4.69, 9.17) is 16.3 Å². The van der Waals surface area contributed by atoms with E-state index in [1.807, 2.05) is 25.1 Å². The van der Waals surface area contributed by atoms with Gasteiger partial charge >= 0.3 is 0 Å². The Hall–Kier alpha value is -2.84. The van der Waals surface area contributed by atoms with Gasteiger partial charge in [-0.1, -0.05) is 11.6 Å². The van der Waals surface area contributed by atoms with E-state index in [2.05, 4.69) is 16.4 Å². The summed E-state index contributed by atoms with van der Waals surface area (Å²) in [4.78, 5) is 4.30. The molecule has 0 amide bonds. The second-order valence-corrected chi connectivity index (χ2v) is 5.43. The Bertz CT molecular complexity index is 953. The van der Waals surface area contributed by atoms with Gasteiger partial charge in [0.2, 0.25) is 0 Å². The number of ether oxygens (including phenoxy) is 1. The number of fused-ring (bicyclic) bond motifs is 1. The highest BCUT2D eigenvalue weighted by Crippen LogP contribution is 2.32. The third kappa shape index (κ3) is 3.10. The van der Waals surface area contributed by atoms with Crippen molar-refractivity contribution in [2.45, 2.75) is 6.92 Å². The molecule has 0 aliphatic carbocycles. The van der Waals surface area contributed by atoms with Gasteiger partial charge in [0.15, 0.2) is 0 Å². The molecule has 0 atom stereocenters. The standard InChI is InChI=1S/C18H13ClFN3O/c1-2-24-13-4-5-14-17(8-13)22-10-11(9-21)18(14)23-12-3-6-16(20)15(19)7-12/h3-8,10H,2H2,1H3,(H,22,23). The van der Waals surface area contributed by atoms with Crippen molar-refractivity contribution in [3.63, 3.8) is 0 Å². The van der Waals surface area contributed by atoms with Gasteiger partial charge in [-0.15, -0.1) is 0 Å². The quantitative estimate of drug-likeness (QED) is 0.722. The molecule has 0 aliphatic rings. The van der Waals surface area contributed by atoms with Crippen LogP contribution in [0.2, 0.25) is 5.02 Å². The molecule has 24 heavy (non-hydrogen) atoms. The lowest BCUT2D eigenvalue weighted by atomic mass is 10.1. The zero-order valence-electron chi connectivity index (χ0n) is 12.8. The summed E-state index contributed by atoms with van der Waals surface area (Å²) in [6.07, 6.45) is 1.49. The second-order valence-electron chi connectivity index (χ2n) is 5.02. The highest BCUT2D eigenvalue weighted by Gasteiger charge is 2.11. The SMILES string of the molecule is CCOc1ccc2c(Nc3ccc(F)c(Cl)c3)c(C#N)cnc2c1. The minimum atomic E-state index is -0.497. The number of benzene rings is 2. The minimum absolute atomic E-state index is 0.00972. The number of nitriles is 1. The van der Waals surface area contributed by atoms with Crippen LogP contribution in [0.4, 0.5) is 15.8 Å². The maximum atomic E-state index is 13.3. The molecule has 4 nitrogen and oxygen atoms in total. The van der Waals surface area contributed by atoms with Crippen molar-refractivity contribution < 1.29 is 9.13 Å². The summed E-state index contributed by atoms with van der Waals surface area (Å²) in [5.41, 5.74) is 2.25. The van der Waals surface area contributed by atoms with Gasteiger partial charge < -0.3 is 10.1 Å². The molecule has 0 bridgehead atoms. The fourth-order valence-corrected chi connectivity index (χ4v) is 2.55. The number of aromatic nitrogens is 1. The number of anilines is 2. The monoisotopic (exact) mass is 341 g/mol. The number of nitrogens with one attached hydrogen (secondary N) is 1. The highest BCUT2D eigenvalue weighted by molar-refractivity contribution is 6.31. The van der Waals surface area contributed by atoms with Crippen LogP contribution < -0.4 is 10.1 Å². The van der Waals surface area contributed by atoms with Crippen LogP contribution >= 0.6 is 11.6 Å². The molecule has 0 radical (unpaired) electrons. The first-order valence-electron chi connectivity index (χ1n) is 7.30. The van der Waals surface area contributed by atoms with Crippen LogP contribution in [-0.4, -0.2) is 11.6 Å². The minimum Gasteiger partial charge on any atom is -0.494 e. The van der Waals surface area contributed by atoms with Gasteiger partial charge in [0.25, 0.3) is 0 Å². The second kappa shape index (κ2) is 6.73. The Labute approximate surface area is 143 Å². The van der Waals surface area contributed by atoms with Crippen molar-refractivity contribution >= 4 is 33.9 Å². The lowest BCUT2D eigenvalue weighted by molar-refractivity contribution is 0.340. The van der Waals surface area contributed by atoms with E-state index < -0.39 is 5.82 Å². The van der Waals surface area contributed by atoms with Gasteiger partial charge in [-0.05, 0) is 37.3 Å². The van der Waals surface area contributed by atoms with E-state index in [0.29, 0.717) is 34.8 Å². The van der Waals surface area contributed by atoms with Gasteiger partial charge in [0.05, 0.1) is 28.4 Å². The van der Waals surface area contributed by atoms with E-state index in [9.17, 15) is 9.65 Å². The first-order chi connectivity index (χ1) is 11.6. The highest BCUT2D eigenvalue weighted by atomic mass is 35.5. The van der Waals surface area contributed by atoms with Crippen LogP contribution in [0.3, 0.4) is 0 Å². The predicted octanol–water partition coefficient (Wildman–Crippen LogP) is 5.04. The topological polar surface area (TPSA) is 57.9 Å². The number of halogens is 2. The molecule has 1 aromatic heterocycles. The summed E-state index contributed by atoms with van der Waals surface area (Å²) in [6.45, 7) is 2.46. The van der Waals surface area contributed by atoms with Crippen LogP contribution in [0, 0.1) is 17.1 Å². The molecule has 0 aliphatic heterocycles. The van der Waals surface area contributed by atoms with Crippen molar-refractivity contribution in [2.24, 2.45) is 0 Å².